The molecule has 17 heavy (non-hydrogen) atoms. The third kappa shape index (κ3) is 5.61. The van der Waals surface area contributed by atoms with Crippen molar-refractivity contribution in [1.29, 1.82) is 0 Å². The first-order valence-corrected chi connectivity index (χ1v) is 5.84. The monoisotopic (exact) mass is 236 g/mol. The van der Waals surface area contributed by atoms with Gasteiger partial charge in [0.15, 0.2) is 6.29 Å². The number of benzene rings is 1. The largest absolute Gasteiger partial charge is 0.383 e. The Bertz CT molecular complexity index is 333. The van der Waals surface area contributed by atoms with Crippen LogP contribution < -0.4 is 0 Å². The van der Waals surface area contributed by atoms with Gasteiger partial charge in [0, 0.05) is 6.61 Å². The molecule has 1 aromatic rings. The maximum absolute atomic E-state index is 10.6. The van der Waals surface area contributed by atoms with Crippen LogP contribution in [0, 0.1) is 5.92 Å². The molecule has 0 aliphatic rings. The highest BCUT2D eigenvalue weighted by Crippen LogP contribution is 2.15. The topological polar surface area (TPSA) is 46.5 Å². The Hall–Kier alpha value is -1.19. The van der Waals surface area contributed by atoms with E-state index < -0.39 is 5.60 Å². The molecule has 0 radical (unpaired) electrons. The van der Waals surface area contributed by atoms with Crippen LogP contribution in [0.2, 0.25) is 0 Å². The molecule has 3 nitrogen and oxygen atoms in total. The van der Waals surface area contributed by atoms with E-state index in [2.05, 4.69) is 0 Å². The van der Waals surface area contributed by atoms with Gasteiger partial charge in [-0.3, -0.25) is 0 Å². The van der Waals surface area contributed by atoms with Crippen molar-refractivity contribution in [1.82, 2.24) is 0 Å². The van der Waals surface area contributed by atoms with Gasteiger partial charge in [0.2, 0.25) is 0 Å². The fraction of sp³-hybridized carbons (Fsp3) is 0.500. The highest BCUT2D eigenvalue weighted by molar-refractivity contribution is 5.61. The van der Waals surface area contributed by atoms with Crippen molar-refractivity contribution >= 4 is 6.29 Å². The molecule has 94 valence electrons. The maximum atomic E-state index is 10.6. The number of aliphatic hydroxyl groups is 1. The smallest absolute Gasteiger partial charge is 0.151 e. The van der Waals surface area contributed by atoms with Crippen molar-refractivity contribution in [3.63, 3.8) is 0 Å². The fourth-order valence-corrected chi connectivity index (χ4v) is 1.76. The molecule has 2 atom stereocenters. The maximum Gasteiger partial charge on any atom is 0.151 e. The van der Waals surface area contributed by atoms with Crippen LogP contribution in [0.5, 0.6) is 0 Å². The number of ether oxygens (including phenoxy) is 1. The SMILES string of the molecule is CC(COCc1ccccc1)CC(C)(O)C=O. The molecule has 2 unspecified atom stereocenters. The van der Waals surface area contributed by atoms with Crippen molar-refractivity contribution in [2.24, 2.45) is 5.92 Å². The summed E-state index contributed by atoms with van der Waals surface area (Å²) in [4.78, 5) is 10.6. The van der Waals surface area contributed by atoms with Crippen LogP contribution in [-0.2, 0) is 16.1 Å². The molecule has 1 rings (SSSR count). The Balaban J connectivity index is 2.25. The third-order valence-electron chi connectivity index (χ3n) is 2.53. The summed E-state index contributed by atoms with van der Waals surface area (Å²) < 4.78 is 5.54. The van der Waals surface area contributed by atoms with Gasteiger partial charge in [-0.25, -0.2) is 0 Å². The van der Waals surface area contributed by atoms with Gasteiger partial charge in [0.1, 0.15) is 5.60 Å². The first-order valence-electron chi connectivity index (χ1n) is 5.84. The van der Waals surface area contributed by atoms with Crippen LogP contribution in [0.15, 0.2) is 30.3 Å². The third-order valence-corrected chi connectivity index (χ3v) is 2.53. The van der Waals surface area contributed by atoms with Crippen LogP contribution in [0.3, 0.4) is 0 Å². The van der Waals surface area contributed by atoms with E-state index in [0.717, 1.165) is 5.56 Å². The molecule has 0 spiro atoms. The summed E-state index contributed by atoms with van der Waals surface area (Å²) in [5, 5.41) is 9.59. The summed E-state index contributed by atoms with van der Waals surface area (Å²) in [7, 11) is 0. The van der Waals surface area contributed by atoms with Crippen molar-refractivity contribution in [2.75, 3.05) is 6.61 Å². The fourth-order valence-electron chi connectivity index (χ4n) is 1.76. The molecule has 0 heterocycles. The summed E-state index contributed by atoms with van der Waals surface area (Å²) in [6.45, 7) is 4.59. The van der Waals surface area contributed by atoms with E-state index in [1.54, 1.807) is 0 Å². The zero-order valence-corrected chi connectivity index (χ0v) is 10.4. The van der Waals surface area contributed by atoms with Crippen LogP contribution >= 0.6 is 0 Å². The molecular formula is C14H20O3. The van der Waals surface area contributed by atoms with Crippen LogP contribution in [-0.4, -0.2) is 23.6 Å². The van der Waals surface area contributed by atoms with Crippen LogP contribution in [0.1, 0.15) is 25.8 Å². The predicted molar refractivity (Wildman–Crippen MR) is 66.6 cm³/mol. The van der Waals surface area contributed by atoms with Gasteiger partial charge in [-0.05, 0) is 24.8 Å². The van der Waals surface area contributed by atoms with E-state index in [0.29, 0.717) is 25.9 Å². The lowest BCUT2D eigenvalue weighted by Crippen LogP contribution is -2.29. The van der Waals surface area contributed by atoms with Crippen molar-refractivity contribution in [2.45, 2.75) is 32.5 Å². The van der Waals surface area contributed by atoms with Gasteiger partial charge in [-0.15, -0.1) is 0 Å². The molecular weight excluding hydrogens is 216 g/mol. The molecule has 1 aromatic carbocycles. The molecule has 0 aliphatic heterocycles. The van der Waals surface area contributed by atoms with Crippen molar-refractivity contribution in [3.8, 4) is 0 Å². The number of carbonyl (C=O) groups is 1. The second kappa shape index (κ2) is 6.52. The molecule has 0 saturated carbocycles. The van der Waals surface area contributed by atoms with Gasteiger partial charge in [0.25, 0.3) is 0 Å². The first-order chi connectivity index (χ1) is 8.03. The molecule has 1 N–H and O–H groups in total. The predicted octanol–water partition coefficient (Wildman–Crippen LogP) is 2.18. The van der Waals surface area contributed by atoms with Gasteiger partial charge in [-0.2, -0.15) is 0 Å². The molecule has 3 heteroatoms. The van der Waals surface area contributed by atoms with Crippen LogP contribution in [0.4, 0.5) is 0 Å². The summed E-state index contributed by atoms with van der Waals surface area (Å²) in [5.41, 5.74) is -0.114. The van der Waals surface area contributed by atoms with E-state index in [1.165, 1.54) is 6.92 Å². The number of hydrogen-bond donors (Lipinski definition) is 1. The average Bonchev–Trinajstić information content (AvgIpc) is 2.30. The van der Waals surface area contributed by atoms with E-state index in [1.807, 2.05) is 37.3 Å². The second-order valence-corrected chi connectivity index (χ2v) is 4.79. The Kier molecular flexibility index (Phi) is 5.32. The molecule has 0 fully saturated rings. The number of hydrogen-bond acceptors (Lipinski definition) is 3. The standard InChI is InChI=1S/C14H20O3/c1-12(8-14(2,16)11-15)9-17-10-13-6-4-3-5-7-13/h3-7,11-12,16H,8-10H2,1-2H3. The minimum atomic E-state index is -1.24. The van der Waals surface area contributed by atoms with E-state index >= 15 is 0 Å². The first kappa shape index (κ1) is 13.9. The van der Waals surface area contributed by atoms with Crippen molar-refractivity contribution in [3.05, 3.63) is 35.9 Å². The van der Waals surface area contributed by atoms with Gasteiger partial charge in [-0.1, -0.05) is 37.3 Å². The number of aldehydes is 1. The van der Waals surface area contributed by atoms with E-state index in [4.69, 9.17) is 4.74 Å². The lowest BCUT2D eigenvalue weighted by atomic mass is 9.95. The highest BCUT2D eigenvalue weighted by Gasteiger charge is 2.22. The second-order valence-electron chi connectivity index (χ2n) is 4.79. The van der Waals surface area contributed by atoms with E-state index in [9.17, 15) is 9.90 Å². The minimum absolute atomic E-state index is 0.152. The number of carbonyl (C=O) groups excluding carboxylic acids is 1. The normalized spacial score (nSPS) is 16.2. The molecule has 0 amide bonds. The minimum Gasteiger partial charge on any atom is -0.383 e. The Morgan fingerprint density at radius 1 is 1.41 bits per heavy atom. The summed E-state index contributed by atoms with van der Waals surface area (Å²) >= 11 is 0. The zero-order valence-electron chi connectivity index (χ0n) is 10.4. The summed E-state index contributed by atoms with van der Waals surface area (Å²) in [6, 6.07) is 9.92. The van der Waals surface area contributed by atoms with Gasteiger partial charge < -0.3 is 14.6 Å². The van der Waals surface area contributed by atoms with E-state index in [-0.39, 0.29) is 5.92 Å². The Labute approximate surface area is 102 Å². The number of rotatable bonds is 7. The lowest BCUT2D eigenvalue weighted by molar-refractivity contribution is -0.124. The quantitative estimate of drug-likeness (QED) is 0.738. The summed E-state index contributed by atoms with van der Waals surface area (Å²) in [5.74, 6) is 0.152. The lowest BCUT2D eigenvalue weighted by Gasteiger charge is -2.20. The molecule has 0 aromatic heterocycles. The highest BCUT2D eigenvalue weighted by atomic mass is 16.5. The summed E-state index contributed by atoms with van der Waals surface area (Å²) in [6.07, 6.45) is 1.01. The Morgan fingerprint density at radius 3 is 2.65 bits per heavy atom. The molecule has 0 saturated heterocycles. The van der Waals surface area contributed by atoms with Crippen LogP contribution in [0.25, 0.3) is 0 Å². The van der Waals surface area contributed by atoms with Gasteiger partial charge >= 0.3 is 0 Å². The average molecular weight is 236 g/mol. The van der Waals surface area contributed by atoms with Gasteiger partial charge in [0.05, 0.1) is 6.61 Å². The zero-order chi connectivity index (χ0) is 12.7. The Morgan fingerprint density at radius 2 is 2.06 bits per heavy atom. The van der Waals surface area contributed by atoms with Crippen molar-refractivity contribution < 1.29 is 14.6 Å². The molecule has 0 aliphatic carbocycles. The molecule has 0 bridgehead atoms.